The van der Waals surface area contributed by atoms with Gasteiger partial charge in [-0.25, -0.2) is 9.18 Å². The molecule has 0 amide bonds. The molecule has 2 aromatic rings. The number of carbonyl (C=O) groups is 1. The van der Waals surface area contributed by atoms with Crippen molar-refractivity contribution >= 4 is 17.7 Å². The molecule has 0 unspecified atom stereocenters. The van der Waals surface area contributed by atoms with Crippen LogP contribution in [0.4, 0.5) is 10.1 Å². The zero-order valence-electron chi connectivity index (χ0n) is 13.3. The van der Waals surface area contributed by atoms with Crippen LogP contribution in [0, 0.1) is 5.82 Å². The van der Waals surface area contributed by atoms with Crippen molar-refractivity contribution in [1.82, 2.24) is 4.98 Å². The first kappa shape index (κ1) is 16.7. The molecule has 0 atom stereocenters. The highest BCUT2D eigenvalue weighted by atomic mass is 19.1. The van der Waals surface area contributed by atoms with Gasteiger partial charge in [-0.05, 0) is 55.8 Å². The Morgan fingerprint density at radius 1 is 1.30 bits per heavy atom. The summed E-state index contributed by atoms with van der Waals surface area (Å²) in [5, 5.41) is 8.75. The lowest BCUT2D eigenvalue weighted by Crippen LogP contribution is -2.26. The third-order valence-electron chi connectivity index (χ3n) is 3.58. The molecule has 0 aliphatic carbocycles. The van der Waals surface area contributed by atoms with Gasteiger partial charge in [0.1, 0.15) is 5.82 Å². The molecule has 1 N–H and O–H groups in total. The highest BCUT2D eigenvalue weighted by molar-refractivity contribution is 5.86. The molecule has 23 heavy (non-hydrogen) atoms. The van der Waals surface area contributed by atoms with E-state index < -0.39 is 5.97 Å². The van der Waals surface area contributed by atoms with Crippen molar-refractivity contribution in [2.45, 2.75) is 19.9 Å². The molecule has 1 aromatic heterocycles. The predicted molar refractivity (Wildman–Crippen MR) is 89.8 cm³/mol. The molecule has 120 valence electrons. The fourth-order valence-corrected chi connectivity index (χ4v) is 2.10. The first-order valence-electron chi connectivity index (χ1n) is 7.28. The van der Waals surface area contributed by atoms with Crippen LogP contribution >= 0.6 is 0 Å². The summed E-state index contributed by atoms with van der Waals surface area (Å²) in [5.41, 5.74) is 3.09. The van der Waals surface area contributed by atoms with E-state index in [0.717, 1.165) is 23.0 Å². The number of rotatable bonds is 5. The number of halogens is 1. The Hall–Kier alpha value is -2.69. The Labute approximate surface area is 134 Å². The third-order valence-corrected chi connectivity index (χ3v) is 3.58. The number of carboxylic acids is 1. The molecule has 1 heterocycles. The number of aromatic nitrogens is 1. The first-order valence-corrected chi connectivity index (χ1v) is 7.28. The van der Waals surface area contributed by atoms with E-state index in [2.05, 4.69) is 4.98 Å². The van der Waals surface area contributed by atoms with Gasteiger partial charge >= 0.3 is 5.97 Å². The van der Waals surface area contributed by atoms with Gasteiger partial charge in [0.2, 0.25) is 0 Å². The van der Waals surface area contributed by atoms with Crippen LogP contribution in [0.2, 0.25) is 0 Å². The van der Waals surface area contributed by atoms with Crippen LogP contribution in [-0.2, 0) is 4.79 Å². The molecule has 1 aromatic carbocycles. The molecule has 0 bridgehead atoms. The summed E-state index contributed by atoms with van der Waals surface area (Å²) in [4.78, 5) is 17.2. The summed E-state index contributed by atoms with van der Waals surface area (Å²) in [7, 11) is 1.94. The van der Waals surface area contributed by atoms with Crippen molar-refractivity contribution in [2.75, 3.05) is 11.9 Å². The van der Waals surface area contributed by atoms with Gasteiger partial charge in [-0.2, -0.15) is 0 Å². The molecule has 0 fully saturated rings. The molecule has 0 saturated carbocycles. The number of benzene rings is 1. The van der Waals surface area contributed by atoms with Crippen LogP contribution in [0.5, 0.6) is 0 Å². The van der Waals surface area contributed by atoms with Crippen molar-refractivity contribution in [2.24, 2.45) is 0 Å². The van der Waals surface area contributed by atoms with Crippen LogP contribution in [0.1, 0.15) is 19.4 Å². The minimum atomic E-state index is -1.01. The Balaban J connectivity index is 2.52. The second kappa shape index (κ2) is 7.05. The highest BCUT2D eigenvalue weighted by Gasteiger charge is 2.14. The average Bonchev–Trinajstić information content (AvgIpc) is 2.52. The van der Waals surface area contributed by atoms with Gasteiger partial charge in [-0.3, -0.25) is 4.98 Å². The van der Waals surface area contributed by atoms with Crippen LogP contribution in [0.15, 0.2) is 42.6 Å². The Bertz CT molecular complexity index is 724. The van der Waals surface area contributed by atoms with E-state index in [1.807, 2.05) is 31.9 Å². The van der Waals surface area contributed by atoms with Gasteiger partial charge in [-0.1, -0.05) is 0 Å². The molecular formula is C18H19FN2O2. The summed E-state index contributed by atoms with van der Waals surface area (Å²) in [6.07, 6.45) is 4.19. The van der Waals surface area contributed by atoms with E-state index in [1.165, 1.54) is 18.2 Å². The van der Waals surface area contributed by atoms with Crippen molar-refractivity contribution in [3.8, 4) is 11.3 Å². The topological polar surface area (TPSA) is 53.4 Å². The summed E-state index contributed by atoms with van der Waals surface area (Å²) in [5.74, 6) is -1.31. The Morgan fingerprint density at radius 2 is 1.96 bits per heavy atom. The standard InChI is InChI=1S/C18H19FN2O2/c1-12(2)21(3)16-10-13(4-9-17(22)23)11-20-18(16)14-5-7-15(19)8-6-14/h4-12H,1-3H3,(H,22,23). The second-order valence-corrected chi connectivity index (χ2v) is 5.52. The molecular weight excluding hydrogens is 295 g/mol. The van der Waals surface area contributed by atoms with Crippen LogP contribution in [0.25, 0.3) is 17.3 Å². The Morgan fingerprint density at radius 3 is 2.52 bits per heavy atom. The third kappa shape index (κ3) is 4.16. The Kier molecular flexibility index (Phi) is 5.11. The van der Waals surface area contributed by atoms with Gasteiger partial charge in [-0.15, -0.1) is 0 Å². The van der Waals surface area contributed by atoms with E-state index in [9.17, 15) is 9.18 Å². The van der Waals surface area contributed by atoms with E-state index >= 15 is 0 Å². The molecule has 0 radical (unpaired) electrons. The van der Waals surface area contributed by atoms with Gasteiger partial charge in [0.05, 0.1) is 11.4 Å². The molecule has 0 spiro atoms. The minimum absolute atomic E-state index is 0.231. The summed E-state index contributed by atoms with van der Waals surface area (Å²) in [6, 6.07) is 8.27. The number of nitrogens with zero attached hydrogens (tertiary/aromatic N) is 2. The monoisotopic (exact) mass is 314 g/mol. The fourth-order valence-electron chi connectivity index (χ4n) is 2.10. The largest absolute Gasteiger partial charge is 0.478 e. The van der Waals surface area contributed by atoms with Gasteiger partial charge < -0.3 is 10.0 Å². The molecule has 0 saturated heterocycles. The van der Waals surface area contributed by atoms with Crippen LogP contribution in [0.3, 0.4) is 0 Å². The maximum Gasteiger partial charge on any atom is 0.328 e. The summed E-state index contributed by atoms with van der Waals surface area (Å²) < 4.78 is 13.1. The van der Waals surface area contributed by atoms with E-state index in [0.29, 0.717) is 5.56 Å². The zero-order chi connectivity index (χ0) is 17.0. The number of aliphatic carboxylic acids is 1. The van der Waals surface area contributed by atoms with Crippen molar-refractivity contribution in [1.29, 1.82) is 0 Å². The van der Waals surface area contributed by atoms with Crippen molar-refractivity contribution in [3.63, 3.8) is 0 Å². The molecule has 5 heteroatoms. The van der Waals surface area contributed by atoms with Gasteiger partial charge in [0.25, 0.3) is 0 Å². The number of hydrogen-bond acceptors (Lipinski definition) is 3. The van der Waals surface area contributed by atoms with Crippen LogP contribution < -0.4 is 4.90 Å². The second-order valence-electron chi connectivity index (χ2n) is 5.52. The van der Waals surface area contributed by atoms with E-state index in [1.54, 1.807) is 18.3 Å². The lowest BCUT2D eigenvalue weighted by Gasteiger charge is -2.26. The molecule has 2 rings (SSSR count). The van der Waals surface area contributed by atoms with E-state index in [4.69, 9.17) is 5.11 Å². The maximum absolute atomic E-state index is 13.1. The van der Waals surface area contributed by atoms with Gasteiger partial charge in [0.15, 0.2) is 0 Å². The SMILES string of the molecule is CC(C)N(C)c1cc(C=CC(=O)O)cnc1-c1ccc(F)cc1. The number of carboxylic acid groups (broad SMARTS) is 1. The lowest BCUT2D eigenvalue weighted by molar-refractivity contribution is -0.131. The highest BCUT2D eigenvalue weighted by Crippen LogP contribution is 2.30. The predicted octanol–water partition coefficient (Wildman–Crippen LogP) is 3.83. The van der Waals surface area contributed by atoms with Crippen LogP contribution in [-0.4, -0.2) is 29.1 Å². The maximum atomic E-state index is 13.1. The first-order chi connectivity index (χ1) is 10.9. The number of hydrogen-bond donors (Lipinski definition) is 1. The van der Waals surface area contributed by atoms with Crippen molar-refractivity contribution in [3.05, 3.63) is 54.0 Å². The normalized spacial score (nSPS) is 11.2. The average molecular weight is 314 g/mol. The summed E-state index contributed by atoms with van der Waals surface area (Å²) in [6.45, 7) is 4.10. The van der Waals surface area contributed by atoms with E-state index in [-0.39, 0.29) is 11.9 Å². The number of anilines is 1. The zero-order valence-corrected chi connectivity index (χ0v) is 13.3. The minimum Gasteiger partial charge on any atom is -0.478 e. The quantitative estimate of drug-likeness (QED) is 0.852. The molecule has 0 aliphatic rings. The fraction of sp³-hybridized carbons (Fsp3) is 0.222. The smallest absolute Gasteiger partial charge is 0.328 e. The lowest BCUT2D eigenvalue weighted by atomic mass is 10.1. The van der Waals surface area contributed by atoms with Gasteiger partial charge in [0, 0.05) is 30.9 Å². The summed E-state index contributed by atoms with van der Waals surface area (Å²) >= 11 is 0. The number of pyridine rings is 1. The van der Waals surface area contributed by atoms with Crippen molar-refractivity contribution < 1.29 is 14.3 Å². The molecule has 0 aliphatic heterocycles. The molecule has 4 nitrogen and oxygen atoms in total.